The second kappa shape index (κ2) is 5.32. The molecule has 0 unspecified atom stereocenters. The maximum atomic E-state index is 11.8. The molecule has 1 N–H and O–H groups in total. The highest BCUT2D eigenvalue weighted by Gasteiger charge is 2.26. The summed E-state index contributed by atoms with van der Waals surface area (Å²) in [4.78, 5) is 11.4. The summed E-state index contributed by atoms with van der Waals surface area (Å²) < 4.78 is 35.3. The summed E-state index contributed by atoms with van der Waals surface area (Å²) in [6.45, 7) is -1.54. The number of halogens is 4. The molecule has 0 spiro atoms. The topological polar surface area (TPSA) is 29.1 Å². The predicted octanol–water partition coefficient (Wildman–Crippen LogP) is 2.67. The molecule has 0 saturated heterocycles. The molecule has 16 heavy (non-hydrogen) atoms. The van der Waals surface area contributed by atoms with E-state index < -0.39 is 18.5 Å². The van der Waals surface area contributed by atoms with Gasteiger partial charge in [0.2, 0.25) is 0 Å². The minimum atomic E-state index is -4.31. The first-order chi connectivity index (χ1) is 7.38. The average Bonchev–Trinajstić information content (AvgIpc) is 2.15. The number of ketones is 1. The van der Waals surface area contributed by atoms with Crippen LogP contribution in [0.3, 0.4) is 0 Å². The van der Waals surface area contributed by atoms with E-state index in [-0.39, 0.29) is 6.54 Å². The minimum absolute atomic E-state index is 0.294. The van der Waals surface area contributed by atoms with E-state index in [2.05, 4.69) is 0 Å². The van der Waals surface area contributed by atoms with Crippen LogP contribution >= 0.6 is 11.6 Å². The van der Waals surface area contributed by atoms with E-state index in [1.165, 1.54) is 12.1 Å². The molecule has 0 aliphatic heterocycles. The molecular weight excluding hydrogens is 243 g/mol. The van der Waals surface area contributed by atoms with Crippen molar-refractivity contribution in [3.05, 3.63) is 34.9 Å². The van der Waals surface area contributed by atoms with Gasteiger partial charge in [0, 0.05) is 10.6 Å². The van der Waals surface area contributed by atoms with Crippen LogP contribution in [0, 0.1) is 0 Å². The fraction of sp³-hybridized carbons (Fsp3) is 0.300. The van der Waals surface area contributed by atoms with E-state index in [4.69, 9.17) is 11.6 Å². The van der Waals surface area contributed by atoms with Crippen LogP contribution in [-0.4, -0.2) is 25.0 Å². The molecule has 1 aromatic carbocycles. The summed E-state index contributed by atoms with van der Waals surface area (Å²) in [6.07, 6.45) is -4.31. The van der Waals surface area contributed by atoms with Gasteiger partial charge in [-0.2, -0.15) is 13.2 Å². The van der Waals surface area contributed by atoms with Gasteiger partial charge in [-0.25, -0.2) is 0 Å². The van der Waals surface area contributed by atoms with E-state index >= 15 is 0 Å². The maximum Gasteiger partial charge on any atom is 0.401 e. The number of alkyl halides is 3. The Balaban J connectivity index is 2.47. The minimum Gasteiger partial charge on any atom is -0.302 e. The molecule has 0 heterocycles. The van der Waals surface area contributed by atoms with Gasteiger partial charge in [-0.1, -0.05) is 23.7 Å². The Morgan fingerprint density at radius 1 is 1.38 bits per heavy atom. The van der Waals surface area contributed by atoms with E-state index in [1.54, 1.807) is 12.1 Å². The summed E-state index contributed by atoms with van der Waals surface area (Å²) in [5.74, 6) is -0.424. The van der Waals surface area contributed by atoms with Crippen LogP contribution in [0.15, 0.2) is 24.3 Å². The second-order valence-corrected chi connectivity index (χ2v) is 3.59. The van der Waals surface area contributed by atoms with Crippen molar-refractivity contribution in [2.24, 2.45) is 0 Å². The molecule has 88 valence electrons. The third-order valence-corrected chi connectivity index (χ3v) is 1.99. The average molecular weight is 252 g/mol. The Morgan fingerprint density at radius 3 is 2.62 bits per heavy atom. The van der Waals surface area contributed by atoms with Gasteiger partial charge >= 0.3 is 6.18 Å². The van der Waals surface area contributed by atoms with Crippen molar-refractivity contribution in [3.8, 4) is 0 Å². The van der Waals surface area contributed by atoms with Crippen molar-refractivity contribution in [3.63, 3.8) is 0 Å². The molecule has 0 amide bonds. The number of carbonyl (C=O) groups excluding carboxylic acids is 1. The quantitative estimate of drug-likeness (QED) is 0.834. The maximum absolute atomic E-state index is 11.8. The largest absolute Gasteiger partial charge is 0.401 e. The zero-order valence-electron chi connectivity index (χ0n) is 8.14. The smallest absolute Gasteiger partial charge is 0.302 e. The molecule has 0 aliphatic carbocycles. The standard InChI is InChI=1S/C10H9ClF3NO/c11-8-3-1-2-7(4-8)9(16)5-15-6-10(12,13)14/h1-4,15H,5-6H2. The molecule has 0 fully saturated rings. The summed E-state index contributed by atoms with van der Waals surface area (Å²) in [5, 5.41) is 2.40. The molecule has 6 heteroatoms. The van der Waals surface area contributed by atoms with Crippen LogP contribution in [-0.2, 0) is 0 Å². The van der Waals surface area contributed by atoms with Crippen molar-refractivity contribution in [2.75, 3.05) is 13.1 Å². The van der Waals surface area contributed by atoms with E-state index in [0.717, 1.165) is 0 Å². The van der Waals surface area contributed by atoms with Gasteiger partial charge in [-0.15, -0.1) is 0 Å². The third kappa shape index (κ3) is 4.63. The number of hydrogen-bond donors (Lipinski definition) is 1. The molecule has 1 aromatic rings. The monoisotopic (exact) mass is 251 g/mol. The van der Waals surface area contributed by atoms with E-state index in [1.807, 2.05) is 5.32 Å². The Bertz CT molecular complexity index is 379. The predicted molar refractivity (Wildman–Crippen MR) is 54.7 cm³/mol. The molecule has 0 bridgehead atoms. The van der Waals surface area contributed by atoms with Gasteiger partial charge in [0.05, 0.1) is 13.1 Å². The SMILES string of the molecule is O=C(CNCC(F)(F)F)c1cccc(Cl)c1. The number of nitrogens with one attached hydrogen (secondary N) is 1. The summed E-state index contributed by atoms with van der Waals surface area (Å²) in [5.41, 5.74) is 0.294. The van der Waals surface area contributed by atoms with Crippen molar-refractivity contribution >= 4 is 17.4 Å². The first-order valence-electron chi connectivity index (χ1n) is 4.45. The zero-order valence-corrected chi connectivity index (χ0v) is 8.90. The fourth-order valence-electron chi connectivity index (χ4n) is 1.08. The van der Waals surface area contributed by atoms with E-state index in [0.29, 0.717) is 10.6 Å². The van der Waals surface area contributed by atoms with Crippen LogP contribution in [0.4, 0.5) is 13.2 Å². The number of carbonyl (C=O) groups is 1. The van der Waals surface area contributed by atoms with Gasteiger partial charge in [0.15, 0.2) is 5.78 Å². The lowest BCUT2D eigenvalue weighted by molar-refractivity contribution is -0.124. The van der Waals surface area contributed by atoms with Gasteiger partial charge in [-0.3, -0.25) is 4.79 Å². The fourth-order valence-corrected chi connectivity index (χ4v) is 1.27. The number of rotatable bonds is 4. The lowest BCUT2D eigenvalue weighted by Gasteiger charge is -2.07. The van der Waals surface area contributed by atoms with Crippen molar-refractivity contribution in [1.29, 1.82) is 0 Å². The Kier molecular flexibility index (Phi) is 4.32. The Labute approximate surface area is 95.4 Å². The number of Topliss-reactive ketones (excluding diaryl/α,β-unsaturated/α-hetero) is 1. The lowest BCUT2D eigenvalue weighted by Crippen LogP contribution is -2.32. The molecule has 0 atom stereocenters. The summed E-state index contributed by atoms with van der Waals surface area (Å²) in [7, 11) is 0. The van der Waals surface area contributed by atoms with E-state index in [9.17, 15) is 18.0 Å². The number of hydrogen-bond acceptors (Lipinski definition) is 2. The lowest BCUT2D eigenvalue weighted by atomic mass is 10.1. The van der Waals surface area contributed by atoms with Gasteiger partial charge < -0.3 is 5.32 Å². The van der Waals surface area contributed by atoms with Crippen LogP contribution in [0.5, 0.6) is 0 Å². The molecule has 0 radical (unpaired) electrons. The highest BCUT2D eigenvalue weighted by molar-refractivity contribution is 6.31. The van der Waals surface area contributed by atoms with Crippen molar-refractivity contribution < 1.29 is 18.0 Å². The summed E-state index contributed by atoms with van der Waals surface area (Å²) >= 11 is 5.64. The first kappa shape index (κ1) is 13.0. The number of benzene rings is 1. The van der Waals surface area contributed by atoms with Crippen LogP contribution in [0.1, 0.15) is 10.4 Å². The van der Waals surface area contributed by atoms with Crippen LogP contribution in [0.25, 0.3) is 0 Å². The van der Waals surface area contributed by atoms with Gasteiger partial charge in [0.1, 0.15) is 0 Å². The highest BCUT2D eigenvalue weighted by atomic mass is 35.5. The second-order valence-electron chi connectivity index (χ2n) is 3.15. The van der Waals surface area contributed by atoms with Crippen LogP contribution < -0.4 is 5.32 Å². The molecule has 0 aromatic heterocycles. The van der Waals surface area contributed by atoms with Gasteiger partial charge in [0.25, 0.3) is 0 Å². The highest BCUT2D eigenvalue weighted by Crippen LogP contribution is 2.13. The molecular formula is C10H9ClF3NO. The van der Waals surface area contributed by atoms with Gasteiger partial charge in [-0.05, 0) is 12.1 Å². The van der Waals surface area contributed by atoms with Crippen molar-refractivity contribution in [1.82, 2.24) is 5.32 Å². The Hall–Kier alpha value is -1.07. The van der Waals surface area contributed by atoms with Crippen molar-refractivity contribution in [2.45, 2.75) is 6.18 Å². The third-order valence-electron chi connectivity index (χ3n) is 1.76. The molecule has 1 rings (SSSR count). The molecule has 0 aliphatic rings. The van der Waals surface area contributed by atoms with Crippen LogP contribution in [0.2, 0.25) is 5.02 Å². The Morgan fingerprint density at radius 2 is 2.06 bits per heavy atom. The zero-order chi connectivity index (χ0) is 12.2. The normalized spacial score (nSPS) is 11.5. The first-order valence-corrected chi connectivity index (χ1v) is 4.82. The molecule has 2 nitrogen and oxygen atoms in total. The summed E-state index contributed by atoms with van der Waals surface area (Å²) in [6, 6.07) is 6.07. The molecule has 0 saturated carbocycles.